The minimum atomic E-state index is -2.27. The molecule has 0 spiro atoms. The van der Waals surface area contributed by atoms with E-state index in [1.807, 2.05) is 24.3 Å². The van der Waals surface area contributed by atoms with Crippen LogP contribution in [0.25, 0.3) is 0 Å². The van der Waals surface area contributed by atoms with Crippen LogP contribution in [0, 0.1) is 12.2 Å². The summed E-state index contributed by atoms with van der Waals surface area (Å²) in [7, 11) is 0. The van der Waals surface area contributed by atoms with E-state index in [9.17, 15) is 0 Å². The molecule has 0 aliphatic heterocycles. The Balaban J connectivity index is 0.000000174. The first-order valence-electron chi connectivity index (χ1n) is 3.84. The normalized spacial score (nSPS) is 14.2. The summed E-state index contributed by atoms with van der Waals surface area (Å²) in [5.41, 5.74) is 0. The number of hydrogen-bond acceptors (Lipinski definition) is 2. The summed E-state index contributed by atoms with van der Waals surface area (Å²) in [4.78, 5) is 0. The summed E-state index contributed by atoms with van der Waals surface area (Å²) in [5.74, 6) is 0. The Morgan fingerprint density at radius 3 is 1.38 bits per heavy atom. The predicted octanol–water partition coefficient (Wildman–Crippen LogP) is 2.37. The van der Waals surface area contributed by atoms with E-state index >= 15 is 0 Å². The molecule has 0 saturated heterocycles. The van der Waals surface area contributed by atoms with Crippen molar-refractivity contribution in [3.63, 3.8) is 0 Å². The van der Waals surface area contributed by atoms with Crippen LogP contribution in [0.2, 0.25) is 0 Å². The third kappa shape index (κ3) is 11.4. The first-order chi connectivity index (χ1) is 6.41. The van der Waals surface area contributed by atoms with Crippen molar-refractivity contribution in [1.82, 2.24) is 0 Å². The Hall–Kier alpha value is -0.557. The van der Waals surface area contributed by atoms with Crippen LogP contribution >= 0.6 is 0 Å². The van der Waals surface area contributed by atoms with Crippen molar-refractivity contribution in [1.29, 1.82) is 0 Å². The van der Waals surface area contributed by atoms with Crippen LogP contribution < -0.4 is 0 Å². The topological polar surface area (TPSA) is 34.1 Å². The van der Waals surface area contributed by atoms with Gasteiger partial charge in [-0.15, -0.1) is 12.8 Å². The van der Waals surface area contributed by atoms with Crippen molar-refractivity contribution in [3.05, 3.63) is 48.6 Å². The molecule has 0 fully saturated rings. The quantitative estimate of drug-likeness (QED) is 0.621. The van der Waals surface area contributed by atoms with Crippen LogP contribution in [-0.2, 0) is 28.9 Å². The summed E-state index contributed by atoms with van der Waals surface area (Å²) in [6.07, 6.45) is 20.0. The molecular formula is C10H10O2Zr-2. The molecule has 0 aromatic rings. The Morgan fingerprint density at radius 1 is 0.923 bits per heavy atom. The molecule has 2 nitrogen and oxygen atoms in total. The van der Waals surface area contributed by atoms with Crippen molar-refractivity contribution >= 4 is 0 Å². The number of rotatable bonds is 0. The van der Waals surface area contributed by atoms with Gasteiger partial charge < -0.3 is 0 Å². The minimum absolute atomic E-state index is 1.01. The van der Waals surface area contributed by atoms with Gasteiger partial charge in [0.05, 0.1) is 0 Å². The molecule has 13 heavy (non-hydrogen) atoms. The van der Waals surface area contributed by atoms with Gasteiger partial charge in [0.1, 0.15) is 0 Å². The molecule has 0 heterocycles. The third-order valence-corrected chi connectivity index (χ3v) is 1.17. The average Bonchev–Trinajstić information content (AvgIpc) is 2.85. The van der Waals surface area contributed by atoms with Crippen molar-refractivity contribution in [2.75, 3.05) is 0 Å². The molecule has 0 atom stereocenters. The first-order valence-corrected chi connectivity index (χ1v) is 5.85. The van der Waals surface area contributed by atoms with E-state index in [2.05, 4.69) is 24.3 Å². The third-order valence-electron chi connectivity index (χ3n) is 1.17. The molecule has 2 aliphatic rings. The molecule has 0 N–H and O–H groups in total. The molecule has 0 radical (unpaired) electrons. The van der Waals surface area contributed by atoms with Gasteiger partial charge in [0.15, 0.2) is 0 Å². The van der Waals surface area contributed by atoms with Crippen LogP contribution in [0.3, 0.4) is 0 Å². The van der Waals surface area contributed by atoms with Crippen molar-refractivity contribution < 1.29 is 28.9 Å². The monoisotopic (exact) mass is 252 g/mol. The van der Waals surface area contributed by atoms with Crippen molar-refractivity contribution in [2.24, 2.45) is 0 Å². The van der Waals surface area contributed by atoms with E-state index in [0.29, 0.717) is 0 Å². The fraction of sp³-hybridized carbons (Fsp3) is 0.200. The van der Waals surface area contributed by atoms with Crippen LogP contribution in [-0.4, -0.2) is 0 Å². The Morgan fingerprint density at radius 2 is 1.31 bits per heavy atom. The van der Waals surface area contributed by atoms with Gasteiger partial charge >= 0.3 is 28.9 Å². The summed E-state index contributed by atoms with van der Waals surface area (Å²) in [6.45, 7) is 0. The van der Waals surface area contributed by atoms with Gasteiger partial charge in [-0.05, 0) is 0 Å². The summed E-state index contributed by atoms with van der Waals surface area (Å²) >= 11 is -2.27. The molecular weight excluding hydrogens is 243 g/mol. The van der Waals surface area contributed by atoms with Crippen LogP contribution in [0.15, 0.2) is 36.5 Å². The van der Waals surface area contributed by atoms with E-state index in [0.717, 1.165) is 12.8 Å². The van der Waals surface area contributed by atoms with Gasteiger partial charge in [-0.3, -0.25) is 12.2 Å². The van der Waals surface area contributed by atoms with Gasteiger partial charge in [-0.25, -0.2) is 24.3 Å². The van der Waals surface area contributed by atoms with E-state index in [-0.39, 0.29) is 0 Å². The zero-order valence-corrected chi connectivity index (χ0v) is 9.65. The maximum atomic E-state index is 8.54. The van der Waals surface area contributed by atoms with Crippen LogP contribution in [0.5, 0.6) is 0 Å². The fourth-order valence-corrected chi connectivity index (χ4v) is 0.680. The van der Waals surface area contributed by atoms with Gasteiger partial charge in [0.25, 0.3) is 0 Å². The summed E-state index contributed by atoms with van der Waals surface area (Å²) < 4.78 is 17.1. The van der Waals surface area contributed by atoms with Crippen LogP contribution in [0.1, 0.15) is 12.8 Å². The molecule has 0 aromatic carbocycles. The molecule has 2 aliphatic carbocycles. The second-order valence-electron chi connectivity index (χ2n) is 2.09. The fourth-order valence-electron chi connectivity index (χ4n) is 0.680. The van der Waals surface area contributed by atoms with E-state index in [1.165, 1.54) is 0 Å². The second-order valence-corrected chi connectivity index (χ2v) is 2.50. The Labute approximate surface area is 90.2 Å². The van der Waals surface area contributed by atoms with E-state index in [4.69, 9.17) is 5.63 Å². The molecule has 0 aromatic heterocycles. The Kier molecular flexibility index (Phi) is 11.0. The molecule has 0 saturated carbocycles. The number of allylic oxidation sites excluding steroid dienone is 8. The number of hydrogen-bond donors (Lipinski definition) is 0. The SMILES string of the molecule is [C-]1=CC=CC1.[C-]1=CC=CC1.[O]=[Zr]=[O]. The van der Waals surface area contributed by atoms with E-state index < -0.39 is 23.2 Å². The van der Waals surface area contributed by atoms with Gasteiger partial charge in [-0.2, -0.15) is 12.2 Å². The van der Waals surface area contributed by atoms with Crippen molar-refractivity contribution in [2.45, 2.75) is 12.8 Å². The molecule has 2 rings (SSSR count). The zero-order valence-electron chi connectivity index (χ0n) is 7.19. The maximum absolute atomic E-state index is 8.54. The van der Waals surface area contributed by atoms with Gasteiger partial charge in [0, 0.05) is 0 Å². The molecule has 0 bridgehead atoms. The first kappa shape index (κ1) is 12.4. The van der Waals surface area contributed by atoms with Gasteiger partial charge in [0.2, 0.25) is 0 Å². The predicted molar refractivity (Wildman–Crippen MR) is 44.5 cm³/mol. The van der Waals surface area contributed by atoms with Crippen LogP contribution in [0.4, 0.5) is 0 Å². The average molecular weight is 253 g/mol. The standard InChI is InChI=1S/2C5H5.2O.Zr/c2*1-2-4-5-3-1;;;/h2*1-3H,4H2;;;/q2*-1;;;. The van der Waals surface area contributed by atoms with E-state index in [1.54, 1.807) is 0 Å². The molecule has 0 unspecified atom stereocenters. The van der Waals surface area contributed by atoms with Gasteiger partial charge in [-0.1, -0.05) is 0 Å². The molecule has 68 valence electrons. The molecule has 0 amide bonds. The summed E-state index contributed by atoms with van der Waals surface area (Å²) in [5, 5.41) is 0. The second kappa shape index (κ2) is 11.4. The molecule has 3 heteroatoms. The van der Waals surface area contributed by atoms with Crippen molar-refractivity contribution in [3.8, 4) is 0 Å². The zero-order chi connectivity index (χ0) is 9.78. The Bertz CT molecular complexity index is 214. The summed E-state index contributed by atoms with van der Waals surface area (Å²) in [6, 6.07) is 0.